The quantitative estimate of drug-likeness (QED) is 0.268. The molecular formula is C32H42ClN3O5. The molecule has 1 aliphatic heterocycles. The van der Waals surface area contributed by atoms with Gasteiger partial charge in [0, 0.05) is 66.2 Å². The van der Waals surface area contributed by atoms with Crippen LogP contribution in [-0.4, -0.2) is 77.7 Å². The standard InChI is InChI=1S/C32H42ClN3O5/c1-21(17-28(34)22(2)37)31(38)36-14-16-41-29(20-36)32(39,13-6-7-15-40-3)26-11-8-12-27(33)30(26)25-19-35-18-23-9-4-5-10-24(23)25/h4-5,8-12,18-19,21-22,28-29,37,39H,6-7,13-17,20,34H2,1-3H3/t21-,22+,28-,29?,32+/m1/s1. The zero-order valence-electron chi connectivity index (χ0n) is 24.1. The van der Waals surface area contributed by atoms with Crippen molar-refractivity contribution in [3.63, 3.8) is 0 Å². The number of amides is 1. The molecule has 1 amide bonds. The topological polar surface area (TPSA) is 118 Å². The van der Waals surface area contributed by atoms with Crippen molar-refractivity contribution in [1.29, 1.82) is 0 Å². The fourth-order valence-electron chi connectivity index (χ4n) is 5.74. The molecule has 1 unspecified atom stereocenters. The molecule has 1 aliphatic rings. The third-order valence-electron chi connectivity index (χ3n) is 8.15. The molecule has 8 nitrogen and oxygen atoms in total. The second kappa shape index (κ2) is 14.1. The van der Waals surface area contributed by atoms with E-state index in [2.05, 4.69) is 4.98 Å². The van der Waals surface area contributed by atoms with Gasteiger partial charge in [-0.1, -0.05) is 54.9 Å². The van der Waals surface area contributed by atoms with Crippen molar-refractivity contribution < 1.29 is 24.5 Å². The van der Waals surface area contributed by atoms with Gasteiger partial charge in [-0.05, 0) is 49.6 Å². The number of hydrogen-bond acceptors (Lipinski definition) is 7. The van der Waals surface area contributed by atoms with Gasteiger partial charge in [-0.25, -0.2) is 0 Å². The number of methoxy groups -OCH3 is 1. The van der Waals surface area contributed by atoms with Crippen LogP contribution in [0.3, 0.4) is 0 Å². The first-order valence-electron chi connectivity index (χ1n) is 14.3. The van der Waals surface area contributed by atoms with E-state index >= 15 is 0 Å². The second-order valence-electron chi connectivity index (χ2n) is 11.1. The van der Waals surface area contributed by atoms with Gasteiger partial charge in [0.1, 0.15) is 11.7 Å². The number of hydrogen-bond donors (Lipinski definition) is 3. The SMILES string of the molecule is COCCCC[C@](O)(c1cccc(Cl)c1-c1cncc2ccccc12)C1CN(C(=O)[C@H](C)C[C@@H](N)[C@H](C)O)CCO1. The van der Waals surface area contributed by atoms with Gasteiger partial charge in [-0.2, -0.15) is 0 Å². The Morgan fingerprint density at radius 1 is 1.22 bits per heavy atom. The Bertz CT molecular complexity index is 1320. The second-order valence-corrected chi connectivity index (χ2v) is 11.5. The molecule has 4 N–H and O–H groups in total. The lowest BCUT2D eigenvalue weighted by Gasteiger charge is -2.44. The Labute approximate surface area is 247 Å². The number of nitrogens with two attached hydrogens (primary N) is 1. The Balaban J connectivity index is 1.73. The third-order valence-corrected chi connectivity index (χ3v) is 8.47. The lowest BCUT2D eigenvalue weighted by atomic mass is 9.78. The number of aliphatic hydroxyl groups excluding tert-OH is 1. The number of halogens is 1. The third kappa shape index (κ3) is 7.08. The van der Waals surface area contributed by atoms with Crippen molar-refractivity contribution in [1.82, 2.24) is 9.88 Å². The number of carbonyl (C=O) groups is 1. The van der Waals surface area contributed by atoms with Crippen LogP contribution in [0.5, 0.6) is 0 Å². The zero-order valence-corrected chi connectivity index (χ0v) is 24.9. The molecule has 5 atom stereocenters. The van der Waals surface area contributed by atoms with Gasteiger partial charge in [0.2, 0.25) is 5.91 Å². The molecule has 2 aromatic carbocycles. The summed E-state index contributed by atoms with van der Waals surface area (Å²) in [6.07, 6.45) is 4.38. The molecule has 1 aromatic heterocycles. The molecule has 0 spiro atoms. The summed E-state index contributed by atoms with van der Waals surface area (Å²) in [6.45, 7) is 4.95. The number of fused-ring (bicyclic) bond motifs is 1. The molecule has 222 valence electrons. The van der Waals surface area contributed by atoms with Crippen LogP contribution in [0.2, 0.25) is 5.02 Å². The van der Waals surface area contributed by atoms with Gasteiger partial charge >= 0.3 is 0 Å². The van der Waals surface area contributed by atoms with E-state index in [0.717, 1.165) is 22.8 Å². The predicted octanol–water partition coefficient (Wildman–Crippen LogP) is 4.52. The predicted molar refractivity (Wildman–Crippen MR) is 162 cm³/mol. The molecule has 9 heteroatoms. The van der Waals surface area contributed by atoms with Gasteiger partial charge in [-0.15, -0.1) is 0 Å². The zero-order chi connectivity index (χ0) is 29.6. The van der Waals surface area contributed by atoms with E-state index in [4.69, 9.17) is 26.8 Å². The summed E-state index contributed by atoms with van der Waals surface area (Å²) in [6, 6.07) is 13.0. The summed E-state index contributed by atoms with van der Waals surface area (Å²) in [5.41, 5.74) is 6.76. The molecular weight excluding hydrogens is 542 g/mol. The highest BCUT2D eigenvalue weighted by Crippen LogP contribution is 2.44. The molecule has 3 aromatic rings. The van der Waals surface area contributed by atoms with Crippen LogP contribution >= 0.6 is 11.6 Å². The summed E-state index contributed by atoms with van der Waals surface area (Å²) in [5, 5.41) is 24.9. The van der Waals surface area contributed by atoms with Crippen molar-refractivity contribution >= 4 is 28.3 Å². The minimum absolute atomic E-state index is 0.0688. The van der Waals surface area contributed by atoms with Crippen molar-refractivity contribution in [3.05, 3.63) is 65.4 Å². The minimum Gasteiger partial charge on any atom is -0.392 e. The Morgan fingerprint density at radius 2 is 2.00 bits per heavy atom. The van der Waals surface area contributed by atoms with E-state index in [1.807, 2.05) is 55.6 Å². The maximum Gasteiger partial charge on any atom is 0.225 e. The highest BCUT2D eigenvalue weighted by molar-refractivity contribution is 6.34. The first-order valence-corrected chi connectivity index (χ1v) is 14.7. The van der Waals surface area contributed by atoms with Gasteiger partial charge in [-0.3, -0.25) is 9.78 Å². The Morgan fingerprint density at radius 3 is 2.76 bits per heavy atom. The molecule has 0 saturated carbocycles. The lowest BCUT2D eigenvalue weighted by Crippen LogP contribution is -2.55. The number of nitrogens with zero attached hydrogens (tertiary/aromatic N) is 2. The maximum atomic E-state index is 13.5. The largest absolute Gasteiger partial charge is 0.392 e. The van der Waals surface area contributed by atoms with Crippen molar-refractivity contribution in [2.24, 2.45) is 11.7 Å². The highest BCUT2D eigenvalue weighted by Gasteiger charge is 2.44. The van der Waals surface area contributed by atoms with Gasteiger partial charge in [0.05, 0.1) is 19.3 Å². The molecule has 0 aliphatic carbocycles. The van der Waals surface area contributed by atoms with Crippen LogP contribution in [0.4, 0.5) is 0 Å². The minimum atomic E-state index is -1.46. The van der Waals surface area contributed by atoms with E-state index in [1.165, 1.54) is 0 Å². The number of benzene rings is 2. The monoisotopic (exact) mass is 583 g/mol. The van der Waals surface area contributed by atoms with Crippen LogP contribution in [0, 0.1) is 5.92 Å². The van der Waals surface area contributed by atoms with Crippen molar-refractivity contribution in [3.8, 4) is 11.1 Å². The Hall–Kier alpha value is -2.59. The van der Waals surface area contributed by atoms with E-state index in [0.29, 0.717) is 48.6 Å². The van der Waals surface area contributed by atoms with Crippen molar-refractivity contribution in [2.45, 2.75) is 63.4 Å². The van der Waals surface area contributed by atoms with Crippen LogP contribution in [0.25, 0.3) is 21.9 Å². The average Bonchev–Trinajstić information content (AvgIpc) is 2.98. The molecule has 2 heterocycles. The molecule has 4 rings (SSSR count). The molecule has 0 bridgehead atoms. The normalized spacial score (nSPS) is 19.5. The molecule has 41 heavy (non-hydrogen) atoms. The number of ether oxygens (including phenoxy) is 2. The van der Waals surface area contributed by atoms with Crippen LogP contribution in [0.15, 0.2) is 54.9 Å². The first-order chi connectivity index (χ1) is 19.7. The Kier molecular flexibility index (Phi) is 10.7. The summed E-state index contributed by atoms with van der Waals surface area (Å²) in [4.78, 5) is 19.7. The van der Waals surface area contributed by atoms with E-state index in [1.54, 1.807) is 25.1 Å². The molecule has 1 saturated heterocycles. The number of aromatic nitrogens is 1. The summed E-state index contributed by atoms with van der Waals surface area (Å²) in [5.74, 6) is -0.447. The molecule has 1 fully saturated rings. The number of carbonyl (C=O) groups excluding carboxylic acids is 1. The van der Waals surface area contributed by atoms with E-state index in [-0.39, 0.29) is 25.0 Å². The smallest absolute Gasteiger partial charge is 0.225 e. The summed E-state index contributed by atoms with van der Waals surface area (Å²) in [7, 11) is 1.66. The maximum absolute atomic E-state index is 13.5. The van der Waals surface area contributed by atoms with Crippen molar-refractivity contribution in [2.75, 3.05) is 33.4 Å². The lowest BCUT2D eigenvalue weighted by molar-refractivity contribution is -0.167. The number of unbranched alkanes of at least 4 members (excludes halogenated alkanes) is 1. The first kappa shape index (κ1) is 31.3. The highest BCUT2D eigenvalue weighted by atomic mass is 35.5. The number of pyridine rings is 1. The van der Waals surface area contributed by atoms with Crippen LogP contribution < -0.4 is 5.73 Å². The van der Waals surface area contributed by atoms with E-state index < -0.39 is 23.9 Å². The number of rotatable bonds is 12. The fourth-order valence-corrected chi connectivity index (χ4v) is 6.02. The van der Waals surface area contributed by atoms with Crippen LogP contribution in [0.1, 0.15) is 45.1 Å². The summed E-state index contributed by atoms with van der Waals surface area (Å²) >= 11 is 6.89. The van der Waals surface area contributed by atoms with Gasteiger partial charge < -0.3 is 30.3 Å². The molecule has 0 radical (unpaired) electrons. The summed E-state index contributed by atoms with van der Waals surface area (Å²) < 4.78 is 11.5. The fraction of sp³-hybridized carbons (Fsp3) is 0.500. The van der Waals surface area contributed by atoms with Gasteiger partial charge in [0.15, 0.2) is 0 Å². The average molecular weight is 584 g/mol. The van der Waals surface area contributed by atoms with E-state index in [9.17, 15) is 15.0 Å². The number of morpholine rings is 1. The van der Waals surface area contributed by atoms with Gasteiger partial charge in [0.25, 0.3) is 0 Å². The van der Waals surface area contributed by atoms with Crippen LogP contribution in [-0.2, 0) is 19.9 Å². The number of aliphatic hydroxyl groups is 2.